The summed E-state index contributed by atoms with van der Waals surface area (Å²) in [6.07, 6.45) is 0. The third-order valence-corrected chi connectivity index (χ3v) is 5.46. The number of anilines is 2. The Morgan fingerprint density at radius 1 is 0.724 bits per heavy atom. The highest BCUT2D eigenvalue weighted by Crippen LogP contribution is 2.18. The molecule has 0 aliphatic carbocycles. The van der Waals surface area contributed by atoms with Crippen LogP contribution in [-0.4, -0.2) is 27.3 Å². The molecule has 8 heteroatoms. The summed E-state index contributed by atoms with van der Waals surface area (Å²) < 4.78 is 27.2. The lowest BCUT2D eigenvalue weighted by molar-refractivity contribution is 0.0961. The smallest absolute Gasteiger partial charge is 0.261 e. The van der Waals surface area contributed by atoms with Gasteiger partial charge in [0, 0.05) is 29.5 Å². The summed E-state index contributed by atoms with van der Waals surface area (Å²) in [5, 5.41) is 5.24. The van der Waals surface area contributed by atoms with Crippen LogP contribution in [0.15, 0.2) is 83.8 Å². The fourth-order valence-corrected chi connectivity index (χ4v) is 3.67. The Morgan fingerprint density at radius 2 is 1.41 bits per heavy atom. The number of amides is 2. The molecule has 3 N–H and O–H groups in total. The lowest BCUT2D eigenvalue weighted by Gasteiger charge is -2.10. The van der Waals surface area contributed by atoms with Crippen molar-refractivity contribution in [2.24, 2.45) is 0 Å². The van der Waals surface area contributed by atoms with E-state index >= 15 is 0 Å². The van der Waals surface area contributed by atoms with Gasteiger partial charge in [-0.2, -0.15) is 0 Å². The zero-order chi connectivity index (χ0) is 20.9. The van der Waals surface area contributed by atoms with Gasteiger partial charge in [0.2, 0.25) is 0 Å². The lowest BCUT2D eigenvalue weighted by atomic mass is 10.1. The van der Waals surface area contributed by atoms with Gasteiger partial charge in [0.1, 0.15) is 0 Å². The molecule has 0 atom stereocenters. The van der Waals surface area contributed by atoms with Gasteiger partial charge in [0.05, 0.1) is 4.90 Å². The largest absolute Gasteiger partial charge is 0.355 e. The van der Waals surface area contributed by atoms with Crippen molar-refractivity contribution in [3.8, 4) is 0 Å². The number of carbonyl (C=O) groups is 2. The summed E-state index contributed by atoms with van der Waals surface area (Å²) in [4.78, 5) is 24.3. The van der Waals surface area contributed by atoms with Gasteiger partial charge in [-0.1, -0.05) is 24.3 Å². The molecule has 0 aliphatic heterocycles. The lowest BCUT2D eigenvalue weighted by Crippen LogP contribution is -2.18. The number of benzene rings is 3. The first-order valence-corrected chi connectivity index (χ1v) is 10.2. The molecule has 7 nitrogen and oxygen atoms in total. The molecule has 2 amide bonds. The van der Waals surface area contributed by atoms with Gasteiger partial charge in [-0.05, 0) is 54.6 Å². The van der Waals surface area contributed by atoms with Crippen LogP contribution >= 0.6 is 0 Å². The van der Waals surface area contributed by atoms with E-state index < -0.39 is 10.0 Å². The van der Waals surface area contributed by atoms with Crippen molar-refractivity contribution in [3.05, 3.63) is 90.0 Å². The van der Waals surface area contributed by atoms with Gasteiger partial charge in [0.25, 0.3) is 21.8 Å². The number of nitrogens with one attached hydrogen (secondary N) is 3. The highest BCUT2D eigenvalue weighted by atomic mass is 32.2. The molecule has 0 unspecified atom stereocenters. The minimum absolute atomic E-state index is 0.151. The van der Waals surface area contributed by atoms with Crippen molar-refractivity contribution in [1.29, 1.82) is 0 Å². The zero-order valence-corrected chi connectivity index (χ0v) is 16.4. The first kappa shape index (κ1) is 20.1. The number of rotatable bonds is 6. The zero-order valence-electron chi connectivity index (χ0n) is 15.5. The summed E-state index contributed by atoms with van der Waals surface area (Å²) >= 11 is 0. The molecule has 0 radical (unpaired) electrons. The minimum Gasteiger partial charge on any atom is -0.355 e. The molecule has 0 heterocycles. The van der Waals surface area contributed by atoms with Crippen LogP contribution in [0.4, 0.5) is 11.4 Å². The molecule has 0 saturated heterocycles. The van der Waals surface area contributed by atoms with Gasteiger partial charge in [-0.15, -0.1) is 0 Å². The van der Waals surface area contributed by atoms with Crippen molar-refractivity contribution >= 4 is 33.2 Å². The second-order valence-electron chi connectivity index (χ2n) is 6.11. The Morgan fingerprint density at radius 3 is 2.07 bits per heavy atom. The van der Waals surface area contributed by atoms with Gasteiger partial charge in [-0.25, -0.2) is 8.42 Å². The van der Waals surface area contributed by atoms with Crippen LogP contribution in [0.5, 0.6) is 0 Å². The topological polar surface area (TPSA) is 104 Å². The molecule has 0 aromatic heterocycles. The molecule has 3 rings (SSSR count). The van der Waals surface area contributed by atoms with E-state index in [1.165, 1.54) is 43.4 Å². The minimum atomic E-state index is -3.70. The molecular weight excluding hydrogens is 390 g/mol. The van der Waals surface area contributed by atoms with E-state index in [4.69, 9.17) is 0 Å². The summed E-state index contributed by atoms with van der Waals surface area (Å²) in [5.74, 6) is -0.632. The average molecular weight is 409 g/mol. The van der Waals surface area contributed by atoms with E-state index in [2.05, 4.69) is 15.4 Å². The molecule has 3 aromatic carbocycles. The quantitative estimate of drug-likeness (QED) is 0.582. The van der Waals surface area contributed by atoms with Crippen molar-refractivity contribution in [1.82, 2.24) is 5.32 Å². The summed E-state index contributed by atoms with van der Waals surface area (Å²) in [6, 6.07) is 20.6. The first-order chi connectivity index (χ1) is 13.9. The highest BCUT2D eigenvalue weighted by Gasteiger charge is 2.14. The Bertz CT molecular complexity index is 1130. The fourth-order valence-electron chi connectivity index (χ4n) is 2.59. The number of hydrogen-bond donors (Lipinski definition) is 3. The van der Waals surface area contributed by atoms with Crippen LogP contribution in [0.3, 0.4) is 0 Å². The Hall–Kier alpha value is -3.65. The second-order valence-corrected chi connectivity index (χ2v) is 7.79. The van der Waals surface area contributed by atoms with E-state index in [9.17, 15) is 18.0 Å². The van der Waals surface area contributed by atoms with Gasteiger partial charge in [0.15, 0.2) is 0 Å². The number of sulfonamides is 1. The predicted octanol–water partition coefficient (Wildman–Crippen LogP) is 3.10. The molecule has 0 fully saturated rings. The molecular formula is C21H19N3O4S. The van der Waals surface area contributed by atoms with Crippen molar-refractivity contribution < 1.29 is 18.0 Å². The van der Waals surface area contributed by atoms with Crippen molar-refractivity contribution in [3.63, 3.8) is 0 Å². The van der Waals surface area contributed by atoms with E-state index in [-0.39, 0.29) is 16.7 Å². The Labute approximate surface area is 168 Å². The number of carbonyl (C=O) groups excluding carboxylic acids is 2. The molecule has 29 heavy (non-hydrogen) atoms. The van der Waals surface area contributed by atoms with Crippen LogP contribution in [-0.2, 0) is 10.0 Å². The monoisotopic (exact) mass is 409 g/mol. The highest BCUT2D eigenvalue weighted by molar-refractivity contribution is 7.92. The van der Waals surface area contributed by atoms with E-state index in [1.54, 1.807) is 42.5 Å². The van der Waals surface area contributed by atoms with Crippen LogP contribution in [0.1, 0.15) is 20.7 Å². The van der Waals surface area contributed by atoms with Crippen molar-refractivity contribution in [2.75, 3.05) is 17.1 Å². The maximum atomic E-state index is 12.4. The Balaban J connectivity index is 1.70. The SMILES string of the molecule is CNC(=O)c1cccc(NC(=O)c2ccc(NS(=O)(=O)c3ccccc3)cc2)c1. The van der Waals surface area contributed by atoms with Crippen LogP contribution in [0.2, 0.25) is 0 Å². The van der Waals surface area contributed by atoms with Crippen molar-refractivity contribution in [2.45, 2.75) is 4.90 Å². The fraction of sp³-hybridized carbons (Fsp3) is 0.0476. The second kappa shape index (κ2) is 8.57. The van der Waals surface area contributed by atoms with E-state index in [1.807, 2.05) is 0 Å². The molecule has 148 valence electrons. The van der Waals surface area contributed by atoms with Gasteiger partial charge in [-0.3, -0.25) is 14.3 Å². The third-order valence-electron chi connectivity index (χ3n) is 4.06. The molecule has 0 saturated carbocycles. The third kappa shape index (κ3) is 4.99. The van der Waals surface area contributed by atoms with E-state index in [0.717, 1.165) is 0 Å². The maximum absolute atomic E-state index is 12.4. The summed E-state index contributed by atoms with van der Waals surface area (Å²) in [7, 11) is -2.17. The molecule has 0 aliphatic rings. The maximum Gasteiger partial charge on any atom is 0.261 e. The molecule has 0 spiro atoms. The predicted molar refractivity (Wildman–Crippen MR) is 111 cm³/mol. The van der Waals surface area contributed by atoms with Crippen LogP contribution in [0.25, 0.3) is 0 Å². The molecule has 0 bridgehead atoms. The normalized spacial score (nSPS) is 10.8. The van der Waals surface area contributed by atoms with Gasteiger partial charge < -0.3 is 10.6 Å². The van der Waals surface area contributed by atoms with E-state index in [0.29, 0.717) is 22.5 Å². The Kier molecular flexibility index (Phi) is 5.94. The standard InChI is InChI=1S/C21H19N3O4S/c1-22-20(25)16-6-5-7-18(14-16)23-21(26)15-10-12-17(13-11-15)24-29(27,28)19-8-3-2-4-9-19/h2-14,24H,1H3,(H,22,25)(H,23,26). The van der Waals surface area contributed by atoms with Crippen LogP contribution in [0, 0.1) is 0 Å². The summed E-state index contributed by atoms with van der Waals surface area (Å²) in [6.45, 7) is 0. The average Bonchev–Trinajstić information content (AvgIpc) is 2.74. The number of hydrogen-bond acceptors (Lipinski definition) is 4. The first-order valence-electron chi connectivity index (χ1n) is 8.70. The van der Waals surface area contributed by atoms with Gasteiger partial charge >= 0.3 is 0 Å². The summed E-state index contributed by atoms with van der Waals surface area (Å²) in [5.41, 5.74) is 1.59. The molecule has 3 aromatic rings. The van der Waals surface area contributed by atoms with Crippen LogP contribution < -0.4 is 15.4 Å².